The van der Waals surface area contributed by atoms with Crippen molar-refractivity contribution in [3.05, 3.63) is 41.8 Å². The summed E-state index contributed by atoms with van der Waals surface area (Å²) in [5.74, 6) is -0.00416. The van der Waals surface area contributed by atoms with Gasteiger partial charge in [-0.3, -0.25) is 0 Å². The fourth-order valence-electron chi connectivity index (χ4n) is 1.50. The molecule has 0 atom stereocenters. The fraction of sp³-hybridized carbons (Fsp3) is 0.154. The van der Waals surface area contributed by atoms with Gasteiger partial charge in [-0.15, -0.1) is 5.10 Å². The number of aromatic nitrogens is 2. The first-order valence-electron chi connectivity index (χ1n) is 5.65. The molecule has 1 N–H and O–H groups in total. The number of nitrogens with one attached hydrogen (secondary N) is 1. The van der Waals surface area contributed by atoms with E-state index in [9.17, 15) is 4.39 Å². The van der Waals surface area contributed by atoms with E-state index in [4.69, 9.17) is 10.00 Å². The highest BCUT2D eigenvalue weighted by molar-refractivity contribution is 5.62. The van der Waals surface area contributed by atoms with Crippen molar-refractivity contribution >= 4 is 11.5 Å². The average molecular weight is 258 g/mol. The van der Waals surface area contributed by atoms with E-state index in [0.29, 0.717) is 17.9 Å². The molecule has 0 saturated heterocycles. The lowest BCUT2D eigenvalue weighted by molar-refractivity contribution is 0.321. The number of hydrogen-bond donors (Lipinski definition) is 1. The lowest BCUT2D eigenvalue weighted by atomic mass is 10.2. The molecule has 19 heavy (non-hydrogen) atoms. The molecule has 6 heteroatoms. The molecule has 0 spiro atoms. The molecule has 1 aromatic heterocycles. The second kappa shape index (κ2) is 5.78. The minimum Gasteiger partial charge on any atom is -0.491 e. The van der Waals surface area contributed by atoms with Crippen LogP contribution in [0.15, 0.2) is 30.5 Å². The van der Waals surface area contributed by atoms with Crippen LogP contribution in [0.3, 0.4) is 0 Å². The second-order valence-corrected chi connectivity index (χ2v) is 3.61. The molecule has 5 nitrogen and oxygen atoms in total. The van der Waals surface area contributed by atoms with E-state index >= 15 is 0 Å². The molecule has 0 fully saturated rings. The summed E-state index contributed by atoms with van der Waals surface area (Å²) in [4.78, 5) is 0. The van der Waals surface area contributed by atoms with Crippen LogP contribution in [0.2, 0.25) is 0 Å². The van der Waals surface area contributed by atoms with Crippen molar-refractivity contribution in [2.45, 2.75) is 6.92 Å². The lowest BCUT2D eigenvalue weighted by Crippen LogP contribution is -2.00. The Hall–Kier alpha value is -2.68. The summed E-state index contributed by atoms with van der Waals surface area (Å²) in [5, 5.41) is 19.2. The first-order chi connectivity index (χ1) is 9.24. The quantitative estimate of drug-likeness (QED) is 0.912. The van der Waals surface area contributed by atoms with Gasteiger partial charge in [0, 0.05) is 11.8 Å². The number of anilines is 2. The third-order valence-electron chi connectivity index (χ3n) is 2.34. The van der Waals surface area contributed by atoms with E-state index in [2.05, 4.69) is 15.5 Å². The number of halogens is 1. The van der Waals surface area contributed by atoms with E-state index in [-0.39, 0.29) is 11.6 Å². The van der Waals surface area contributed by atoms with Crippen LogP contribution in [-0.2, 0) is 0 Å². The van der Waals surface area contributed by atoms with Crippen LogP contribution in [0.25, 0.3) is 0 Å². The van der Waals surface area contributed by atoms with E-state index in [1.165, 1.54) is 24.4 Å². The SMILES string of the molecule is CCOc1ccc(Nc2nnccc2C#N)cc1F. The van der Waals surface area contributed by atoms with Gasteiger partial charge >= 0.3 is 0 Å². The smallest absolute Gasteiger partial charge is 0.171 e. The van der Waals surface area contributed by atoms with Crippen molar-refractivity contribution < 1.29 is 9.13 Å². The summed E-state index contributed by atoms with van der Waals surface area (Å²) >= 11 is 0. The Balaban J connectivity index is 2.24. The van der Waals surface area contributed by atoms with E-state index < -0.39 is 5.82 Å². The molecule has 0 saturated carbocycles. The molecule has 0 unspecified atom stereocenters. The lowest BCUT2D eigenvalue weighted by Gasteiger charge is -2.08. The summed E-state index contributed by atoms with van der Waals surface area (Å²) in [5.41, 5.74) is 0.808. The molecule has 2 rings (SSSR count). The largest absolute Gasteiger partial charge is 0.491 e. The summed E-state index contributed by atoms with van der Waals surface area (Å²) in [6, 6.07) is 7.95. The zero-order valence-electron chi connectivity index (χ0n) is 10.2. The average Bonchev–Trinajstić information content (AvgIpc) is 2.43. The number of benzene rings is 1. The zero-order valence-corrected chi connectivity index (χ0v) is 10.2. The minimum atomic E-state index is -0.478. The van der Waals surface area contributed by atoms with E-state index in [1.807, 2.05) is 6.07 Å². The maximum absolute atomic E-state index is 13.7. The number of nitriles is 1. The standard InChI is InChI=1S/C13H11FN4O/c1-2-19-12-4-3-10(7-11(12)14)17-13-9(8-15)5-6-16-18-13/h3-7H,2H2,1H3,(H,17,18). The van der Waals surface area contributed by atoms with Crippen molar-refractivity contribution in [3.8, 4) is 11.8 Å². The van der Waals surface area contributed by atoms with Gasteiger partial charge in [-0.25, -0.2) is 4.39 Å². The van der Waals surface area contributed by atoms with Crippen molar-refractivity contribution in [3.63, 3.8) is 0 Å². The summed E-state index contributed by atoms with van der Waals surface area (Å²) in [6.07, 6.45) is 1.42. The first kappa shape index (κ1) is 12.8. The van der Waals surface area contributed by atoms with Crippen LogP contribution in [0.5, 0.6) is 5.75 Å². The fourth-order valence-corrected chi connectivity index (χ4v) is 1.50. The van der Waals surface area contributed by atoms with Crippen LogP contribution in [-0.4, -0.2) is 16.8 Å². The van der Waals surface area contributed by atoms with Gasteiger partial charge in [-0.2, -0.15) is 10.4 Å². The first-order valence-corrected chi connectivity index (χ1v) is 5.65. The van der Waals surface area contributed by atoms with Crippen LogP contribution in [0, 0.1) is 17.1 Å². The summed E-state index contributed by atoms with van der Waals surface area (Å²) < 4.78 is 18.8. The molecule has 0 aliphatic rings. The van der Waals surface area contributed by atoms with Gasteiger partial charge in [-0.1, -0.05) is 0 Å². The van der Waals surface area contributed by atoms with Crippen molar-refractivity contribution in [2.75, 3.05) is 11.9 Å². The third kappa shape index (κ3) is 2.96. The highest BCUT2D eigenvalue weighted by Gasteiger charge is 2.07. The molecule has 0 amide bonds. The van der Waals surface area contributed by atoms with Crippen molar-refractivity contribution in [1.82, 2.24) is 10.2 Å². The Labute approximate surface area is 109 Å². The van der Waals surface area contributed by atoms with Crippen molar-refractivity contribution in [2.24, 2.45) is 0 Å². The number of ether oxygens (including phenoxy) is 1. The Morgan fingerprint density at radius 3 is 2.95 bits per heavy atom. The molecule has 1 aromatic carbocycles. The molecular formula is C13H11FN4O. The number of hydrogen-bond acceptors (Lipinski definition) is 5. The maximum atomic E-state index is 13.7. The third-order valence-corrected chi connectivity index (χ3v) is 2.34. The van der Waals surface area contributed by atoms with Gasteiger partial charge in [0.25, 0.3) is 0 Å². The predicted molar refractivity (Wildman–Crippen MR) is 67.6 cm³/mol. The minimum absolute atomic E-state index is 0.188. The van der Waals surface area contributed by atoms with Crippen molar-refractivity contribution in [1.29, 1.82) is 5.26 Å². The van der Waals surface area contributed by atoms with E-state index in [0.717, 1.165) is 0 Å². The molecule has 0 radical (unpaired) electrons. The Morgan fingerprint density at radius 2 is 2.26 bits per heavy atom. The Kier molecular flexibility index (Phi) is 3.88. The molecule has 96 valence electrons. The van der Waals surface area contributed by atoms with Gasteiger partial charge in [0.15, 0.2) is 17.4 Å². The predicted octanol–water partition coefficient (Wildman–Crippen LogP) is 2.63. The number of rotatable bonds is 4. The van der Waals surface area contributed by atoms with E-state index in [1.54, 1.807) is 13.0 Å². The van der Waals surface area contributed by atoms with Gasteiger partial charge < -0.3 is 10.1 Å². The molecule has 0 bridgehead atoms. The highest BCUT2D eigenvalue weighted by Crippen LogP contribution is 2.23. The molecule has 2 aromatic rings. The van der Waals surface area contributed by atoms with Gasteiger partial charge in [0.05, 0.1) is 18.4 Å². The molecule has 0 aliphatic heterocycles. The van der Waals surface area contributed by atoms with Crippen LogP contribution >= 0.6 is 0 Å². The highest BCUT2D eigenvalue weighted by atomic mass is 19.1. The molecule has 0 aliphatic carbocycles. The van der Waals surface area contributed by atoms with Crippen LogP contribution < -0.4 is 10.1 Å². The topological polar surface area (TPSA) is 70.8 Å². The Bertz CT molecular complexity index is 624. The molecular weight excluding hydrogens is 247 g/mol. The summed E-state index contributed by atoms with van der Waals surface area (Å²) in [7, 11) is 0. The van der Waals surface area contributed by atoms with Gasteiger partial charge in [0.1, 0.15) is 6.07 Å². The van der Waals surface area contributed by atoms with Crippen LogP contribution in [0.1, 0.15) is 12.5 Å². The summed E-state index contributed by atoms with van der Waals surface area (Å²) in [6.45, 7) is 2.18. The number of nitrogens with zero attached hydrogens (tertiary/aromatic N) is 3. The van der Waals surface area contributed by atoms with Crippen LogP contribution in [0.4, 0.5) is 15.9 Å². The zero-order chi connectivity index (χ0) is 13.7. The normalized spacial score (nSPS) is 9.74. The second-order valence-electron chi connectivity index (χ2n) is 3.61. The Morgan fingerprint density at radius 1 is 1.42 bits per heavy atom. The van der Waals surface area contributed by atoms with Gasteiger partial charge in [0.2, 0.25) is 0 Å². The maximum Gasteiger partial charge on any atom is 0.171 e. The van der Waals surface area contributed by atoms with Gasteiger partial charge in [-0.05, 0) is 25.1 Å². The molecule has 1 heterocycles. The monoisotopic (exact) mass is 258 g/mol.